The molecule has 5 nitrogen and oxygen atoms in total. The molecule has 0 atom stereocenters. The first-order valence-corrected chi connectivity index (χ1v) is 8.41. The van der Waals surface area contributed by atoms with Gasteiger partial charge in [0.05, 0.1) is 23.7 Å². The maximum atomic E-state index is 14.4. The van der Waals surface area contributed by atoms with Crippen molar-refractivity contribution < 1.29 is 18.7 Å². The number of hydrogen-bond donors (Lipinski definition) is 0. The molecule has 0 fully saturated rings. The standard InChI is InChI=1S/C18H14BrFN2O3/c1-18(2)12-7-10(24-3)8-14-15(12)22(17(23)25-18)16(21-14)11-6-9(19)4-5-13(11)20/h4-8H,1-3H3. The van der Waals surface area contributed by atoms with E-state index in [2.05, 4.69) is 20.9 Å². The van der Waals surface area contributed by atoms with Gasteiger partial charge in [0.25, 0.3) is 0 Å². The van der Waals surface area contributed by atoms with Crippen LogP contribution in [0.15, 0.2) is 34.8 Å². The van der Waals surface area contributed by atoms with Gasteiger partial charge in [0.2, 0.25) is 0 Å². The Hall–Kier alpha value is -2.41. The number of nitrogens with zero attached hydrogens (tertiary/aromatic N) is 2. The van der Waals surface area contributed by atoms with Crippen molar-refractivity contribution in [1.29, 1.82) is 0 Å². The lowest BCUT2D eigenvalue weighted by Gasteiger charge is -2.31. The monoisotopic (exact) mass is 404 g/mol. The Morgan fingerprint density at radius 3 is 2.76 bits per heavy atom. The molecule has 1 aromatic heterocycles. The van der Waals surface area contributed by atoms with E-state index in [-0.39, 0.29) is 11.4 Å². The third-order valence-electron chi connectivity index (χ3n) is 4.30. The molecule has 0 aliphatic carbocycles. The molecule has 0 unspecified atom stereocenters. The summed E-state index contributed by atoms with van der Waals surface area (Å²) in [5.74, 6) is 0.323. The number of hydrogen-bond acceptors (Lipinski definition) is 4. The normalized spacial score (nSPS) is 15.3. The summed E-state index contributed by atoms with van der Waals surface area (Å²) in [5.41, 5.74) is 1.29. The maximum Gasteiger partial charge on any atom is 0.421 e. The van der Waals surface area contributed by atoms with E-state index >= 15 is 0 Å². The number of imidazole rings is 1. The van der Waals surface area contributed by atoms with Crippen LogP contribution in [0.5, 0.6) is 5.75 Å². The van der Waals surface area contributed by atoms with E-state index in [1.807, 2.05) is 6.07 Å². The van der Waals surface area contributed by atoms with Gasteiger partial charge < -0.3 is 9.47 Å². The first-order chi connectivity index (χ1) is 11.8. The zero-order valence-corrected chi connectivity index (χ0v) is 15.3. The second-order valence-electron chi connectivity index (χ2n) is 6.32. The lowest BCUT2D eigenvalue weighted by molar-refractivity contribution is 0.0332. The molecule has 4 rings (SSSR count). The van der Waals surface area contributed by atoms with Gasteiger partial charge in [0.15, 0.2) is 5.82 Å². The molecule has 0 N–H and O–H groups in total. The van der Waals surface area contributed by atoms with Gasteiger partial charge in [-0.15, -0.1) is 0 Å². The van der Waals surface area contributed by atoms with E-state index in [0.717, 1.165) is 5.56 Å². The minimum atomic E-state index is -0.840. The second kappa shape index (κ2) is 5.29. The third-order valence-corrected chi connectivity index (χ3v) is 4.80. The summed E-state index contributed by atoms with van der Waals surface area (Å²) in [6.45, 7) is 3.60. The Morgan fingerprint density at radius 2 is 2.04 bits per heavy atom. The van der Waals surface area contributed by atoms with Crippen molar-refractivity contribution in [2.75, 3.05) is 7.11 Å². The van der Waals surface area contributed by atoms with Gasteiger partial charge in [-0.1, -0.05) is 15.9 Å². The summed E-state index contributed by atoms with van der Waals surface area (Å²) in [7, 11) is 1.56. The van der Waals surface area contributed by atoms with Crippen LogP contribution in [0.2, 0.25) is 0 Å². The minimum absolute atomic E-state index is 0.198. The van der Waals surface area contributed by atoms with Crippen LogP contribution < -0.4 is 4.74 Å². The van der Waals surface area contributed by atoms with Gasteiger partial charge >= 0.3 is 6.09 Å². The van der Waals surface area contributed by atoms with E-state index in [4.69, 9.17) is 9.47 Å². The zero-order valence-electron chi connectivity index (χ0n) is 13.8. The SMILES string of the molecule is COc1cc2c3c(c1)nc(-c1cc(Br)ccc1F)n3C(=O)OC2(C)C. The Kier molecular flexibility index (Phi) is 3.40. The Labute approximate surface area is 151 Å². The predicted molar refractivity (Wildman–Crippen MR) is 94.3 cm³/mol. The lowest BCUT2D eigenvalue weighted by atomic mass is 9.95. The van der Waals surface area contributed by atoms with Crippen molar-refractivity contribution in [2.45, 2.75) is 19.4 Å². The number of ether oxygens (including phenoxy) is 2. The van der Waals surface area contributed by atoms with Crippen molar-refractivity contribution in [1.82, 2.24) is 9.55 Å². The molecule has 0 radical (unpaired) electrons. The predicted octanol–water partition coefficient (Wildman–Crippen LogP) is 4.85. The molecule has 128 valence electrons. The molecular formula is C18H14BrFN2O3. The fourth-order valence-electron chi connectivity index (χ4n) is 3.11. The molecule has 0 spiro atoms. The second-order valence-corrected chi connectivity index (χ2v) is 7.23. The highest BCUT2D eigenvalue weighted by Gasteiger charge is 2.38. The maximum absolute atomic E-state index is 14.4. The summed E-state index contributed by atoms with van der Waals surface area (Å²) in [4.78, 5) is 17.1. The van der Waals surface area contributed by atoms with Crippen LogP contribution in [0.4, 0.5) is 9.18 Å². The minimum Gasteiger partial charge on any atom is -0.497 e. The topological polar surface area (TPSA) is 53.4 Å². The van der Waals surface area contributed by atoms with Crippen LogP contribution >= 0.6 is 15.9 Å². The van der Waals surface area contributed by atoms with Crippen LogP contribution in [-0.2, 0) is 10.3 Å². The van der Waals surface area contributed by atoms with Crippen LogP contribution in [0.1, 0.15) is 19.4 Å². The van der Waals surface area contributed by atoms with Gasteiger partial charge in [-0.3, -0.25) is 0 Å². The molecule has 1 aliphatic rings. The van der Waals surface area contributed by atoms with Crippen molar-refractivity contribution >= 4 is 33.1 Å². The highest BCUT2D eigenvalue weighted by Crippen LogP contribution is 2.41. The number of halogens is 2. The first kappa shape index (κ1) is 16.1. The van der Waals surface area contributed by atoms with Crippen LogP contribution in [0, 0.1) is 5.82 Å². The Bertz CT molecular complexity index is 1040. The summed E-state index contributed by atoms with van der Waals surface area (Å²) >= 11 is 3.33. The van der Waals surface area contributed by atoms with Crippen LogP contribution in [-0.4, -0.2) is 22.8 Å². The number of aromatic nitrogens is 2. The summed E-state index contributed by atoms with van der Waals surface area (Å²) in [6, 6.07) is 8.04. The molecule has 1 aliphatic heterocycles. The van der Waals surface area contributed by atoms with Crippen LogP contribution in [0.3, 0.4) is 0 Å². The van der Waals surface area contributed by atoms with Crippen molar-refractivity contribution in [2.24, 2.45) is 0 Å². The van der Waals surface area contributed by atoms with E-state index in [1.165, 1.54) is 10.6 Å². The fourth-order valence-corrected chi connectivity index (χ4v) is 3.47. The molecule has 2 aromatic carbocycles. The number of benzene rings is 2. The molecule has 2 heterocycles. The third kappa shape index (κ3) is 2.33. The van der Waals surface area contributed by atoms with Crippen molar-refractivity contribution in [3.8, 4) is 17.1 Å². The summed E-state index contributed by atoms with van der Waals surface area (Å²) in [6.07, 6.45) is -0.584. The molecule has 7 heteroatoms. The average molecular weight is 405 g/mol. The van der Waals surface area contributed by atoms with Crippen molar-refractivity contribution in [3.63, 3.8) is 0 Å². The summed E-state index contributed by atoms with van der Waals surface area (Å²) < 4.78 is 27.3. The smallest absolute Gasteiger partial charge is 0.421 e. The van der Waals surface area contributed by atoms with E-state index < -0.39 is 17.5 Å². The molecule has 3 aromatic rings. The zero-order chi connectivity index (χ0) is 17.9. The van der Waals surface area contributed by atoms with E-state index in [1.54, 1.807) is 39.2 Å². The highest BCUT2D eigenvalue weighted by molar-refractivity contribution is 9.10. The number of carbonyl (C=O) groups excluding carboxylic acids is 1. The number of cyclic esters (lactones) is 1. The number of carbonyl (C=O) groups is 1. The number of rotatable bonds is 2. The summed E-state index contributed by atoms with van der Waals surface area (Å²) in [5, 5.41) is 0. The molecule has 25 heavy (non-hydrogen) atoms. The Balaban J connectivity index is 2.13. The van der Waals surface area contributed by atoms with E-state index in [0.29, 0.717) is 21.3 Å². The van der Waals surface area contributed by atoms with Crippen molar-refractivity contribution in [3.05, 3.63) is 46.2 Å². The fraction of sp³-hybridized carbons (Fsp3) is 0.222. The molecule has 0 saturated heterocycles. The van der Waals surface area contributed by atoms with Crippen LogP contribution in [0.25, 0.3) is 22.4 Å². The first-order valence-electron chi connectivity index (χ1n) is 7.61. The van der Waals surface area contributed by atoms with Gasteiger partial charge in [-0.25, -0.2) is 18.7 Å². The molecule has 0 saturated carbocycles. The van der Waals surface area contributed by atoms with E-state index in [9.17, 15) is 9.18 Å². The molecule has 0 bridgehead atoms. The molecular weight excluding hydrogens is 391 g/mol. The highest BCUT2D eigenvalue weighted by atomic mass is 79.9. The average Bonchev–Trinajstić information content (AvgIpc) is 2.93. The van der Waals surface area contributed by atoms with Gasteiger partial charge in [-0.2, -0.15) is 0 Å². The number of methoxy groups -OCH3 is 1. The largest absolute Gasteiger partial charge is 0.497 e. The van der Waals surface area contributed by atoms with Gasteiger partial charge in [0.1, 0.15) is 17.2 Å². The Morgan fingerprint density at radius 1 is 1.28 bits per heavy atom. The quantitative estimate of drug-likeness (QED) is 0.612. The van der Waals surface area contributed by atoms with Gasteiger partial charge in [-0.05, 0) is 38.1 Å². The lowest BCUT2D eigenvalue weighted by Crippen LogP contribution is -2.34. The molecule has 0 amide bonds. The van der Waals surface area contributed by atoms with Gasteiger partial charge in [0, 0.05) is 16.1 Å².